The van der Waals surface area contributed by atoms with Crippen molar-refractivity contribution in [3.8, 4) is 0 Å². The number of rotatable bonds is 0. The van der Waals surface area contributed by atoms with Crippen LogP contribution in [0.4, 0.5) is 0 Å². The molecule has 0 aromatic carbocycles. The van der Waals surface area contributed by atoms with Gasteiger partial charge in [0.25, 0.3) is 0 Å². The van der Waals surface area contributed by atoms with Gasteiger partial charge in [0.15, 0.2) is 6.39 Å². The van der Waals surface area contributed by atoms with Crippen LogP contribution in [0.3, 0.4) is 0 Å². The molecule has 0 aliphatic rings. The standard InChI is InChI=1S/C4H4N2.2C3H3NO/c1-2-5-4-6-3-1;1-2-5-3-4-1;1-2-4-5-3-1/h1-4H;2*1-3H. The monoisotopic (exact) mass is 218 g/mol. The normalized spacial score (nSPS) is 8.00. The van der Waals surface area contributed by atoms with Crippen LogP contribution in [0.25, 0.3) is 0 Å². The molecule has 0 amide bonds. The van der Waals surface area contributed by atoms with Crippen LogP contribution in [0.1, 0.15) is 0 Å². The van der Waals surface area contributed by atoms with Gasteiger partial charge in [-0.3, -0.25) is 0 Å². The molecule has 3 heterocycles. The van der Waals surface area contributed by atoms with Crippen molar-refractivity contribution in [3.05, 3.63) is 62.2 Å². The van der Waals surface area contributed by atoms with Crippen molar-refractivity contribution >= 4 is 0 Å². The zero-order valence-electron chi connectivity index (χ0n) is 8.38. The Balaban J connectivity index is 0.000000121. The second-order valence-electron chi connectivity index (χ2n) is 2.27. The van der Waals surface area contributed by atoms with E-state index in [1.54, 1.807) is 36.9 Å². The van der Waals surface area contributed by atoms with Crippen molar-refractivity contribution in [1.82, 2.24) is 20.1 Å². The molecule has 82 valence electrons. The molecule has 6 heteroatoms. The van der Waals surface area contributed by atoms with Crippen molar-refractivity contribution in [2.24, 2.45) is 0 Å². The van der Waals surface area contributed by atoms with Crippen LogP contribution >= 0.6 is 0 Å². The smallest absolute Gasteiger partial charge is 0.180 e. The van der Waals surface area contributed by atoms with E-state index in [-0.39, 0.29) is 0 Å². The third kappa shape index (κ3) is 6.96. The molecular weight excluding hydrogens is 208 g/mol. The molecule has 3 rings (SSSR count). The molecular formula is C10H10N4O2. The summed E-state index contributed by atoms with van der Waals surface area (Å²) in [7, 11) is 0. The van der Waals surface area contributed by atoms with E-state index in [0.717, 1.165) is 0 Å². The van der Waals surface area contributed by atoms with Crippen LogP contribution in [-0.2, 0) is 0 Å². The maximum Gasteiger partial charge on any atom is 0.180 e. The number of aromatic nitrogens is 4. The maximum absolute atomic E-state index is 4.47. The van der Waals surface area contributed by atoms with Crippen LogP contribution in [-0.4, -0.2) is 20.1 Å². The van der Waals surface area contributed by atoms with Crippen molar-refractivity contribution in [3.63, 3.8) is 0 Å². The highest BCUT2D eigenvalue weighted by atomic mass is 16.5. The topological polar surface area (TPSA) is 77.8 Å². The van der Waals surface area contributed by atoms with E-state index in [0.29, 0.717) is 0 Å². The fraction of sp³-hybridized carbons (Fsp3) is 0. The van der Waals surface area contributed by atoms with Crippen LogP contribution < -0.4 is 0 Å². The first kappa shape index (κ1) is 11.6. The zero-order chi connectivity index (χ0) is 11.3. The molecule has 3 aromatic rings. The van der Waals surface area contributed by atoms with Crippen LogP contribution in [0.15, 0.2) is 71.1 Å². The van der Waals surface area contributed by atoms with Crippen LogP contribution in [0.2, 0.25) is 0 Å². The number of nitrogens with zero attached hydrogens (tertiary/aromatic N) is 4. The number of oxazole rings is 1. The van der Waals surface area contributed by atoms with Crippen molar-refractivity contribution < 1.29 is 8.94 Å². The quantitative estimate of drug-likeness (QED) is 0.572. The lowest BCUT2D eigenvalue weighted by Crippen LogP contribution is -1.66. The molecule has 0 saturated carbocycles. The zero-order valence-corrected chi connectivity index (χ0v) is 8.38. The first-order valence-electron chi connectivity index (χ1n) is 4.36. The first-order valence-corrected chi connectivity index (χ1v) is 4.36. The molecule has 0 bridgehead atoms. The third-order valence-electron chi connectivity index (χ3n) is 1.17. The van der Waals surface area contributed by atoms with Gasteiger partial charge >= 0.3 is 0 Å². The second-order valence-corrected chi connectivity index (χ2v) is 2.27. The molecule has 0 aliphatic heterocycles. The summed E-state index contributed by atoms with van der Waals surface area (Å²) in [6, 6.07) is 3.50. The molecule has 0 saturated heterocycles. The van der Waals surface area contributed by atoms with E-state index in [1.807, 2.05) is 0 Å². The summed E-state index contributed by atoms with van der Waals surface area (Å²) in [5.74, 6) is 0. The van der Waals surface area contributed by atoms with E-state index < -0.39 is 0 Å². The van der Waals surface area contributed by atoms with E-state index >= 15 is 0 Å². The van der Waals surface area contributed by atoms with E-state index in [1.165, 1.54) is 25.2 Å². The summed E-state index contributed by atoms with van der Waals surface area (Å²) in [6.45, 7) is 0. The molecule has 0 radical (unpaired) electrons. The molecule has 6 nitrogen and oxygen atoms in total. The fourth-order valence-electron chi connectivity index (χ4n) is 0.605. The SMILES string of the molecule is c1cncnc1.c1cnoc1.c1cocn1. The minimum Gasteiger partial charge on any atom is -0.452 e. The Bertz CT molecular complexity index is 312. The Hall–Kier alpha value is -2.50. The summed E-state index contributed by atoms with van der Waals surface area (Å²) >= 11 is 0. The van der Waals surface area contributed by atoms with Gasteiger partial charge in [-0.15, -0.1) is 0 Å². The molecule has 0 N–H and O–H groups in total. The van der Waals surface area contributed by atoms with Crippen LogP contribution in [0.5, 0.6) is 0 Å². The second kappa shape index (κ2) is 9.07. The lowest BCUT2D eigenvalue weighted by atomic mass is 10.7. The van der Waals surface area contributed by atoms with Gasteiger partial charge in [-0.05, 0) is 12.1 Å². The average molecular weight is 218 g/mol. The summed E-state index contributed by atoms with van der Waals surface area (Å²) in [5, 5.41) is 3.35. The maximum atomic E-state index is 4.47. The third-order valence-corrected chi connectivity index (χ3v) is 1.17. The predicted octanol–water partition coefficient (Wildman–Crippen LogP) is 1.83. The lowest BCUT2D eigenvalue weighted by molar-refractivity contribution is 0.420. The van der Waals surface area contributed by atoms with Gasteiger partial charge in [0.1, 0.15) is 18.9 Å². The number of hydrogen-bond donors (Lipinski definition) is 0. The lowest BCUT2D eigenvalue weighted by Gasteiger charge is -1.70. The van der Waals surface area contributed by atoms with Crippen molar-refractivity contribution in [2.45, 2.75) is 0 Å². The van der Waals surface area contributed by atoms with E-state index in [2.05, 4.69) is 29.0 Å². The Morgan fingerprint density at radius 2 is 1.62 bits per heavy atom. The van der Waals surface area contributed by atoms with Gasteiger partial charge in [-0.25, -0.2) is 15.0 Å². The molecule has 3 aromatic heterocycles. The molecule has 0 aliphatic carbocycles. The first-order chi connectivity index (χ1) is 8.00. The van der Waals surface area contributed by atoms with Crippen LogP contribution in [0, 0.1) is 0 Å². The minimum absolute atomic E-state index is 1.38. The molecule has 0 unspecified atom stereocenters. The summed E-state index contributed by atoms with van der Waals surface area (Å²) in [4.78, 5) is 10.9. The highest BCUT2D eigenvalue weighted by Crippen LogP contribution is 1.72. The van der Waals surface area contributed by atoms with Gasteiger partial charge in [0.2, 0.25) is 0 Å². The van der Waals surface area contributed by atoms with Gasteiger partial charge in [-0.2, -0.15) is 0 Å². The van der Waals surface area contributed by atoms with Gasteiger partial charge in [0.05, 0.1) is 12.4 Å². The van der Waals surface area contributed by atoms with Gasteiger partial charge < -0.3 is 8.94 Å². The average Bonchev–Trinajstić information content (AvgIpc) is 3.10. The summed E-state index contributed by atoms with van der Waals surface area (Å²) < 4.78 is 8.81. The van der Waals surface area contributed by atoms with E-state index in [9.17, 15) is 0 Å². The Kier molecular flexibility index (Phi) is 6.56. The highest BCUT2D eigenvalue weighted by Gasteiger charge is 1.60. The minimum atomic E-state index is 1.38. The van der Waals surface area contributed by atoms with Crippen molar-refractivity contribution in [1.29, 1.82) is 0 Å². The fourth-order valence-corrected chi connectivity index (χ4v) is 0.605. The van der Waals surface area contributed by atoms with Gasteiger partial charge in [0, 0.05) is 12.4 Å². The molecule has 0 atom stereocenters. The Labute approximate surface area is 92.0 Å². The summed E-state index contributed by atoms with van der Waals surface area (Å²) in [6.07, 6.45) is 12.4. The van der Waals surface area contributed by atoms with Gasteiger partial charge in [-0.1, -0.05) is 5.16 Å². The Morgan fingerprint density at radius 1 is 0.750 bits per heavy atom. The highest BCUT2D eigenvalue weighted by molar-refractivity contribution is 4.74. The molecule has 0 spiro atoms. The molecule has 16 heavy (non-hydrogen) atoms. The molecule has 0 fully saturated rings. The number of hydrogen-bond acceptors (Lipinski definition) is 6. The predicted molar refractivity (Wildman–Crippen MR) is 55.0 cm³/mol. The summed E-state index contributed by atoms with van der Waals surface area (Å²) in [5.41, 5.74) is 0. The Morgan fingerprint density at radius 3 is 1.81 bits per heavy atom. The van der Waals surface area contributed by atoms with E-state index in [4.69, 9.17) is 0 Å². The van der Waals surface area contributed by atoms with Crippen molar-refractivity contribution in [2.75, 3.05) is 0 Å². The largest absolute Gasteiger partial charge is 0.452 e.